The molecular weight excluding hydrogens is 314 g/mol. The summed E-state index contributed by atoms with van der Waals surface area (Å²) in [7, 11) is 3.19. The van der Waals surface area contributed by atoms with Crippen LogP contribution in [0.15, 0.2) is 48.5 Å². The van der Waals surface area contributed by atoms with Crippen LogP contribution in [0.25, 0.3) is 0 Å². The molecule has 4 nitrogen and oxygen atoms in total. The largest absolute Gasteiger partial charge is 0.493 e. The summed E-state index contributed by atoms with van der Waals surface area (Å²) in [6.07, 6.45) is 1.21. The van der Waals surface area contributed by atoms with Crippen LogP contribution in [0.5, 0.6) is 11.5 Å². The SMILES string of the molecule is COc1ccc(CC(=O)N[C@@H](CC(C)C)c2ccccc2)cc1OC. The molecule has 0 aliphatic heterocycles. The summed E-state index contributed by atoms with van der Waals surface area (Å²) in [5.74, 6) is 1.79. The van der Waals surface area contributed by atoms with Crippen molar-refractivity contribution in [3.05, 3.63) is 59.7 Å². The van der Waals surface area contributed by atoms with Gasteiger partial charge in [0.1, 0.15) is 0 Å². The molecule has 0 spiro atoms. The first-order valence-corrected chi connectivity index (χ1v) is 8.58. The van der Waals surface area contributed by atoms with Crippen LogP contribution in [0.3, 0.4) is 0 Å². The molecule has 0 aliphatic carbocycles. The van der Waals surface area contributed by atoms with E-state index < -0.39 is 0 Å². The molecule has 1 atom stereocenters. The van der Waals surface area contributed by atoms with E-state index in [0.29, 0.717) is 23.8 Å². The highest BCUT2D eigenvalue weighted by molar-refractivity contribution is 5.79. The van der Waals surface area contributed by atoms with Crippen LogP contribution in [0.4, 0.5) is 0 Å². The summed E-state index contributed by atoms with van der Waals surface area (Å²) in [6, 6.07) is 15.7. The lowest BCUT2D eigenvalue weighted by Gasteiger charge is -2.21. The van der Waals surface area contributed by atoms with Gasteiger partial charge in [-0.3, -0.25) is 4.79 Å². The smallest absolute Gasteiger partial charge is 0.224 e. The fourth-order valence-corrected chi connectivity index (χ4v) is 2.86. The van der Waals surface area contributed by atoms with Crippen molar-refractivity contribution in [2.24, 2.45) is 5.92 Å². The maximum Gasteiger partial charge on any atom is 0.224 e. The molecule has 0 fully saturated rings. The maximum atomic E-state index is 12.5. The third kappa shape index (κ3) is 5.52. The van der Waals surface area contributed by atoms with Crippen LogP contribution < -0.4 is 14.8 Å². The second-order valence-corrected chi connectivity index (χ2v) is 6.53. The summed E-state index contributed by atoms with van der Waals surface area (Å²) >= 11 is 0. The van der Waals surface area contributed by atoms with E-state index in [1.54, 1.807) is 14.2 Å². The zero-order chi connectivity index (χ0) is 18.2. The Bertz CT molecular complexity index is 683. The van der Waals surface area contributed by atoms with Crippen LogP contribution in [-0.4, -0.2) is 20.1 Å². The number of benzene rings is 2. The van der Waals surface area contributed by atoms with E-state index >= 15 is 0 Å². The number of hydrogen-bond donors (Lipinski definition) is 1. The Balaban J connectivity index is 2.08. The Labute approximate surface area is 150 Å². The number of carbonyl (C=O) groups excluding carboxylic acids is 1. The first-order valence-electron chi connectivity index (χ1n) is 8.58. The van der Waals surface area contributed by atoms with Gasteiger partial charge in [-0.25, -0.2) is 0 Å². The topological polar surface area (TPSA) is 47.6 Å². The molecule has 0 bridgehead atoms. The van der Waals surface area contributed by atoms with Crippen molar-refractivity contribution in [3.8, 4) is 11.5 Å². The van der Waals surface area contributed by atoms with E-state index in [9.17, 15) is 4.79 Å². The van der Waals surface area contributed by atoms with Crippen molar-refractivity contribution >= 4 is 5.91 Å². The molecule has 2 aromatic rings. The van der Waals surface area contributed by atoms with E-state index in [2.05, 4.69) is 31.3 Å². The van der Waals surface area contributed by atoms with Crippen molar-refractivity contribution in [2.75, 3.05) is 14.2 Å². The summed E-state index contributed by atoms with van der Waals surface area (Å²) in [4.78, 5) is 12.5. The number of ether oxygens (including phenoxy) is 2. The summed E-state index contributed by atoms with van der Waals surface area (Å²) in [5, 5.41) is 3.17. The second kappa shape index (κ2) is 9.11. The Morgan fingerprint density at radius 3 is 2.28 bits per heavy atom. The summed E-state index contributed by atoms with van der Waals surface area (Å²) in [6.45, 7) is 4.33. The highest BCUT2D eigenvalue weighted by Gasteiger charge is 2.16. The highest BCUT2D eigenvalue weighted by Crippen LogP contribution is 2.28. The third-order valence-electron chi connectivity index (χ3n) is 4.06. The van der Waals surface area contributed by atoms with E-state index in [0.717, 1.165) is 17.5 Å². The minimum Gasteiger partial charge on any atom is -0.493 e. The zero-order valence-electron chi connectivity index (χ0n) is 15.4. The van der Waals surface area contributed by atoms with E-state index in [-0.39, 0.29) is 11.9 Å². The molecule has 134 valence electrons. The van der Waals surface area contributed by atoms with Gasteiger partial charge in [-0.15, -0.1) is 0 Å². The van der Waals surface area contributed by atoms with E-state index in [1.807, 2.05) is 36.4 Å². The Kier molecular flexibility index (Phi) is 6.87. The Morgan fingerprint density at radius 2 is 1.68 bits per heavy atom. The number of rotatable bonds is 8. The monoisotopic (exact) mass is 341 g/mol. The first-order chi connectivity index (χ1) is 12.0. The van der Waals surface area contributed by atoms with Crippen molar-refractivity contribution in [2.45, 2.75) is 32.7 Å². The first kappa shape index (κ1) is 18.8. The molecule has 1 amide bonds. The lowest BCUT2D eigenvalue weighted by molar-refractivity contribution is -0.121. The lowest BCUT2D eigenvalue weighted by Crippen LogP contribution is -2.30. The minimum absolute atomic E-state index is 0.00160. The Morgan fingerprint density at radius 1 is 1.00 bits per heavy atom. The molecule has 0 unspecified atom stereocenters. The minimum atomic E-state index is 0.00160. The van der Waals surface area contributed by atoms with Gasteiger partial charge in [0.05, 0.1) is 26.7 Å². The number of amides is 1. The van der Waals surface area contributed by atoms with Gasteiger partial charge in [0.15, 0.2) is 11.5 Å². The average Bonchev–Trinajstić information content (AvgIpc) is 2.61. The van der Waals surface area contributed by atoms with Crippen LogP contribution >= 0.6 is 0 Å². The van der Waals surface area contributed by atoms with Gasteiger partial charge in [0, 0.05) is 0 Å². The van der Waals surface area contributed by atoms with Gasteiger partial charge in [-0.1, -0.05) is 50.2 Å². The normalized spacial score (nSPS) is 11.9. The molecule has 0 aliphatic rings. The van der Waals surface area contributed by atoms with Gasteiger partial charge < -0.3 is 14.8 Å². The van der Waals surface area contributed by atoms with Crippen molar-refractivity contribution < 1.29 is 14.3 Å². The molecule has 0 radical (unpaired) electrons. The van der Waals surface area contributed by atoms with Crippen LogP contribution in [-0.2, 0) is 11.2 Å². The molecule has 4 heteroatoms. The number of carbonyl (C=O) groups is 1. The summed E-state index contributed by atoms with van der Waals surface area (Å²) in [5.41, 5.74) is 2.03. The molecule has 25 heavy (non-hydrogen) atoms. The molecule has 2 rings (SSSR count). The predicted octanol–water partition coefficient (Wildman–Crippen LogP) is 4.15. The van der Waals surface area contributed by atoms with Crippen LogP contribution in [0.2, 0.25) is 0 Å². The van der Waals surface area contributed by atoms with Gasteiger partial charge in [-0.2, -0.15) is 0 Å². The van der Waals surface area contributed by atoms with Crippen molar-refractivity contribution in [3.63, 3.8) is 0 Å². The highest BCUT2D eigenvalue weighted by atomic mass is 16.5. The van der Waals surface area contributed by atoms with Gasteiger partial charge in [-0.05, 0) is 35.6 Å². The fraction of sp³-hybridized carbons (Fsp3) is 0.381. The van der Waals surface area contributed by atoms with Crippen molar-refractivity contribution in [1.29, 1.82) is 0 Å². The number of nitrogens with one attached hydrogen (secondary N) is 1. The standard InChI is InChI=1S/C21H27NO3/c1-15(2)12-18(17-8-6-5-7-9-17)22-21(23)14-16-10-11-19(24-3)20(13-16)25-4/h5-11,13,15,18H,12,14H2,1-4H3,(H,22,23)/t18-/m0/s1. The predicted molar refractivity (Wildman–Crippen MR) is 100 cm³/mol. The van der Waals surface area contributed by atoms with Crippen LogP contribution in [0.1, 0.15) is 37.4 Å². The van der Waals surface area contributed by atoms with Gasteiger partial charge >= 0.3 is 0 Å². The molecule has 0 heterocycles. The maximum absolute atomic E-state index is 12.5. The van der Waals surface area contributed by atoms with Crippen LogP contribution in [0, 0.1) is 5.92 Å². The van der Waals surface area contributed by atoms with Gasteiger partial charge in [0.25, 0.3) is 0 Å². The molecule has 0 aromatic heterocycles. The molecule has 0 saturated carbocycles. The van der Waals surface area contributed by atoms with Crippen molar-refractivity contribution in [1.82, 2.24) is 5.32 Å². The Hall–Kier alpha value is -2.49. The third-order valence-corrected chi connectivity index (χ3v) is 4.06. The second-order valence-electron chi connectivity index (χ2n) is 6.53. The number of hydrogen-bond acceptors (Lipinski definition) is 3. The molecule has 0 saturated heterocycles. The molecular formula is C21H27NO3. The zero-order valence-corrected chi connectivity index (χ0v) is 15.4. The fourth-order valence-electron chi connectivity index (χ4n) is 2.86. The van der Waals surface area contributed by atoms with Gasteiger partial charge in [0.2, 0.25) is 5.91 Å². The average molecular weight is 341 g/mol. The number of methoxy groups -OCH3 is 2. The molecule has 2 aromatic carbocycles. The molecule has 1 N–H and O–H groups in total. The summed E-state index contributed by atoms with van der Waals surface area (Å²) < 4.78 is 10.5. The van der Waals surface area contributed by atoms with E-state index in [1.165, 1.54) is 0 Å². The quantitative estimate of drug-likeness (QED) is 0.784. The van der Waals surface area contributed by atoms with E-state index in [4.69, 9.17) is 9.47 Å². The lowest BCUT2D eigenvalue weighted by atomic mass is 9.96.